The number of carbonyl (C=O) groups excluding carboxylic acids is 3. The smallest absolute Gasteiger partial charge is 0.315 e. The van der Waals surface area contributed by atoms with E-state index < -0.39 is 24.2 Å². The molecule has 0 rings (SSSR count). The van der Waals surface area contributed by atoms with Crippen molar-refractivity contribution in [2.45, 2.75) is 6.42 Å². The van der Waals surface area contributed by atoms with Crippen molar-refractivity contribution in [3.05, 3.63) is 0 Å². The van der Waals surface area contributed by atoms with Gasteiger partial charge in [0.05, 0.1) is 13.7 Å². The second-order valence-corrected chi connectivity index (χ2v) is 2.25. The number of amides is 2. The Morgan fingerprint density at radius 3 is 2.31 bits per heavy atom. The van der Waals surface area contributed by atoms with Crippen LogP contribution in [0, 0.1) is 0 Å². The van der Waals surface area contributed by atoms with Crippen molar-refractivity contribution in [1.29, 1.82) is 0 Å². The maximum absolute atomic E-state index is 10.8. The van der Waals surface area contributed by atoms with E-state index in [4.69, 9.17) is 0 Å². The highest BCUT2D eigenvalue weighted by Gasteiger charge is 2.11. The third-order valence-corrected chi connectivity index (χ3v) is 1.15. The molecule has 74 valence electrons. The summed E-state index contributed by atoms with van der Waals surface area (Å²) in [6.45, 7) is 0.0346. The summed E-state index contributed by atoms with van der Waals surface area (Å²) in [6.07, 6.45) is -0.439. The molecule has 0 aliphatic rings. The minimum Gasteiger partial charge on any atom is -0.469 e. The molecule has 0 aromatic carbocycles. The number of hydrogen-bond donors (Lipinski definition) is 2. The summed E-state index contributed by atoms with van der Waals surface area (Å²) in [5, 5.41) is 4.56. The van der Waals surface area contributed by atoms with Crippen LogP contribution in [0.15, 0.2) is 0 Å². The van der Waals surface area contributed by atoms with Crippen LogP contribution in [0.4, 0.5) is 0 Å². The lowest BCUT2D eigenvalue weighted by molar-refractivity contribution is -0.144. The van der Waals surface area contributed by atoms with Gasteiger partial charge in [-0.1, -0.05) is 0 Å². The number of likely N-dealkylation sites (N-methyl/N-ethyl adjacent to an activating group) is 1. The highest BCUT2D eigenvalue weighted by atomic mass is 16.5. The number of ether oxygens (including phenoxy) is 1. The Morgan fingerprint density at radius 1 is 1.23 bits per heavy atom. The lowest BCUT2D eigenvalue weighted by atomic mass is 10.4. The molecule has 2 amide bonds. The van der Waals surface area contributed by atoms with Gasteiger partial charge in [-0.05, 0) is 7.05 Å². The van der Waals surface area contributed by atoms with Crippen LogP contribution in [0.3, 0.4) is 0 Å². The average molecular weight is 188 g/mol. The van der Waals surface area contributed by atoms with Crippen LogP contribution in [0.25, 0.3) is 0 Å². The van der Waals surface area contributed by atoms with Gasteiger partial charge in [0, 0.05) is 0 Å². The highest BCUT2D eigenvalue weighted by molar-refractivity contribution is 6.03. The molecule has 0 aliphatic carbocycles. The molecule has 0 unspecified atom stereocenters. The first-order valence-corrected chi connectivity index (χ1v) is 3.64. The van der Waals surface area contributed by atoms with E-state index in [0.29, 0.717) is 0 Å². The van der Waals surface area contributed by atoms with Gasteiger partial charge in [0.25, 0.3) is 0 Å². The SMILES string of the molecule is CNCC(=O)NC(=O)CC(=O)OC. The van der Waals surface area contributed by atoms with Crippen molar-refractivity contribution < 1.29 is 19.1 Å². The maximum atomic E-state index is 10.8. The van der Waals surface area contributed by atoms with E-state index in [1.165, 1.54) is 7.11 Å². The van der Waals surface area contributed by atoms with Crippen molar-refractivity contribution in [2.75, 3.05) is 20.7 Å². The van der Waals surface area contributed by atoms with Gasteiger partial charge in [0.15, 0.2) is 0 Å². The molecule has 0 bridgehead atoms. The second-order valence-electron chi connectivity index (χ2n) is 2.25. The molecule has 0 fully saturated rings. The van der Waals surface area contributed by atoms with Crippen LogP contribution >= 0.6 is 0 Å². The number of imide groups is 1. The third kappa shape index (κ3) is 5.80. The molecule has 0 heterocycles. The topological polar surface area (TPSA) is 84.5 Å². The van der Waals surface area contributed by atoms with Crippen molar-refractivity contribution in [1.82, 2.24) is 10.6 Å². The van der Waals surface area contributed by atoms with Gasteiger partial charge in [0.1, 0.15) is 6.42 Å². The summed E-state index contributed by atoms with van der Waals surface area (Å²) in [6, 6.07) is 0. The minimum atomic E-state index is -0.672. The van der Waals surface area contributed by atoms with E-state index >= 15 is 0 Å². The van der Waals surface area contributed by atoms with Gasteiger partial charge in [-0.3, -0.25) is 19.7 Å². The molecule has 0 radical (unpaired) electrons. The number of nitrogens with one attached hydrogen (secondary N) is 2. The zero-order chi connectivity index (χ0) is 10.3. The van der Waals surface area contributed by atoms with Crippen LogP contribution in [-0.2, 0) is 19.1 Å². The Morgan fingerprint density at radius 2 is 1.85 bits per heavy atom. The fourth-order valence-corrected chi connectivity index (χ4v) is 0.608. The lowest BCUT2D eigenvalue weighted by Gasteiger charge is -2.01. The number of hydrogen-bond acceptors (Lipinski definition) is 5. The van der Waals surface area contributed by atoms with Gasteiger partial charge >= 0.3 is 5.97 Å². The normalized spacial score (nSPS) is 9.08. The first-order chi connectivity index (χ1) is 6.10. The van der Waals surface area contributed by atoms with Gasteiger partial charge in [-0.15, -0.1) is 0 Å². The van der Waals surface area contributed by atoms with Crippen molar-refractivity contribution in [3.8, 4) is 0 Å². The molecule has 0 aromatic rings. The Bertz CT molecular complexity index is 215. The van der Waals surface area contributed by atoms with Gasteiger partial charge < -0.3 is 10.1 Å². The number of methoxy groups -OCH3 is 1. The predicted octanol–water partition coefficient (Wildman–Crippen LogP) is -1.59. The van der Waals surface area contributed by atoms with Gasteiger partial charge in [-0.2, -0.15) is 0 Å². The van der Waals surface area contributed by atoms with Crippen LogP contribution in [0.1, 0.15) is 6.42 Å². The van der Waals surface area contributed by atoms with Crippen LogP contribution < -0.4 is 10.6 Å². The number of rotatable bonds is 4. The Balaban J connectivity index is 3.74. The predicted molar refractivity (Wildman–Crippen MR) is 43.7 cm³/mol. The van der Waals surface area contributed by atoms with Crippen LogP contribution in [0.5, 0.6) is 0 Å². The van der Waals surface area contributed by atoms with Gasteiger partial charge in [-0.25, -0.2) is 0 Å². The lowest BCUT2D eigenvalue weighted by Crippen LogP contribution is -2.37. The second kappa shape index (κ2) is 6.13. The molecule has 0 spiro atoms. The summed E-state index contributed by atoms with van der Waals surface area (Å²) in [5.74, 6) is -1.81. The Hall–Kier alpha value is -1.43. The zero-order valence-electron chi connectivity index (χ0n) is 7.55. The molecule has 2 N–H and O–H groups in total. The molecule has 6 heteroatoms. The zero-order valence-corrected chi connectivity index (χ0v) is 7.55. The average Bonchev–Trinajstić information content (AvgIpc) is 2.04. The van der Waals surface area contributed by atoms with E-state index in [0.717, 1.165) is 0 Å². The first kappa shape index (κ1) is 11.6. The van der Waals surface area contributed by atoms with Gasteiger partial charge in [0.2, 0.25) is 11.8 Å². The van der Waals surface area contributed by atoms with Crippen molar-refractivity contribution >= 4 is 17.8 Å². The van der Waals surface area contributed by atoms with Crippen molar-refractivity contribution in [2.24, 2.45) is 0 Å². The summed E-state index contributed by atoms with van der Waals surface area (Å²) in [7, 11) is 2.75. The fourth-order valence-electron chi connectivity index (χ4n) is 0.608. The summed E-state index contributed by atoms with van der Waals surface area (Å²) >= 11 is 0. The molecule has 0 saturated heterocycles. The minimum absolute atomic E-state index is 0.0346. The number of carbonyl (C=O) groups is 3. The third-order valence-electron chi connectivity index (χ3n) is 1.15. The Labute approximate surface area is 75.6 Å². The molecule has 6 nitrogen and oxygen atoms in total. The molecule has 0 atom stereocenters. The van der Waals surface area contributed by atoms with E-state index in [9.17, 15) is 14.4 Å². The number of esters is 1. The molecule has 13 heavy (non-hydrogen) atoms. The highest BCUT2D eigenvalue weighted by Crippen LogP contribution is 1.83. The van der Waals surface area contributed by atoms with Crippen LogP contribution in [-0.4, -0.2) is 38.5 Å². The first-order valence-electron chi connectivity index (χ1n) is 3.64. The van der Waals surface area contributed by atoms with Crippen molar-refractivity contribution in [3.63, 3.8) is 0 Å². The fraction of sp³-hybridized carbons (Fsp3) is 0.571. The summed E-state index contributed by atoms with van der Waals surface area (Å²) in [4.78, 5) is 32.2. The molecular weight excluding hydrogens is 176 g/mol. The summed E-state index contributed by atoms with van der Waals surface area (Å²) < 4.78 is 4.24. The van der Waals surface area contributed by atoms with E-state index in [1.54, 1.807) is 7.05 Å². The standard InChI is InChI=1S/C7H12N2O4/c1-8-4-6(11)9-5(10)3-7(12)13-2/h8H,3-4H2,1-2H3,(H,9,10,11). The quantitative estimate of drug-likeness (QED) is 0.410. The molecule has 0 saturated carbocycles. The molecule has 0 aliphatic heterocycles. The molecule has 0 aromatic heterocycles. The largest absolute Gasteiger partial charge is 0.469 e. The van der Waals surface area contributed by atoms with E-state index in [-0.39, 0.29) is 6.54 Å². The van der Waals surface area contributed by atoms with E-state index in [2.05, 4.69) is 10.1 Å². The maximum Gasteiger partial charge on any atom is 0.315 e. The summed E-state index contributed by atoms with van der Waals surface area (Å²) in [5.41, 5.74) is 0. The monoisotopic (exact) mass is 188 g/mol. The Kier molecular flexibility index (Phi) is 5.45. The molecular formula is C7H12N2O4. The van der Waals surface area contributed by atoms with Crippen LogP contribution in [0.2, 0.25) is 0 Å². The van der Waals surface area contributed by atoms with E-state index in [1.807, 2.05) is 5.32 Å².